The molecule has 0 aliphatic carbocycles. The Morgan fingerprint density at radius 2 is 2.15 bits per heavy atom. The van der Waals surface area contributed by atoms with Crippen LogP contribution in [0.3, 0.4) is 0 Å². The smallest absolute Gasteiger partial charge is 0.261 e. The molecular weight excluding hydrogens is 336 g/mol. The quantitative estimate of drug-likeness (QED) is 0.716. The molecular formula is C17H22N6O3. The van der Waals surface area contributed by atoms with Gasteiger partial charge in [0.15, 0.2) is 11.5 Å². The summed E-state index contributed by atoms with van der Waals surface area (Å²) in [5.74, 6) is 0.925. The number of hydrogen-bond acceptors (Lipinski definition) is 8. The minimum absolute atomic E-state index is 0.301. The van der Waals surface area contributed by atoms with Gasteiger partial charge in [0.25, 0.3) is 5.89 Å². The first-order valence-corrected chi connectivity index (χ1v) is 8.80. The zero-order chi connectivity index (χ0) is 17.9. The van der Waals surface area contributed by atoms with E-state index in [2.05, 4.69) is 25.5 Å². The van der Waals surface area contributed by atoms with E-state index in [-0.39, 0.29) is 0 Å². The Hall–Kier alpha value is -2.52. The summed E-state index contributed by atoms with van der Waals surface area (Å²) >= 11 is 0. The molecule has 0 bridgehead atoms. The van der Waals surface area contributed by atoms with Crippen LogP contribution in [0.1, 0.15) is 25.6 Å². The van der Waals surface area contributed by atoms with Gasteiger partial charge in [-0.15, -0.1) is 0 Å². The fourth-order valence-corrected chi connectivity index (χ4v) is 3.17. The van der Waals surface area contributed by atoms with E-state index in [9.17, 15) is 0 Å². The number of hydrogen-bond donors (Lipinski definition) is 1. The number of rotatable bonds is 6. The molecule has 138 valence electrons. The van der Waals surface area contributed by atoms with Crippen LogP contribution in [0.5, 0.6) is 0 Å². The number of anilines is 1. The first kappa shape index (κ1) is 16.9. The largest absolute Gasteiger partial charge is 0.381 e. The molecule has 4 heterocycles. The van der Waals surface area contributed by atoms with E-state index in [1.54, 1.807) is 13.3 Å². The van der Waals surface area contributed by atoms with Crippen molar-refractivity contribution in [2.45, 2.75) is 39.0 Å². The van der Waals surface area contributed by atoms with E-state index in [1.807, 2.05) is 17.8 Å². The molecule has 26 heavy (non-hydrogen) atoms. The number of pyridine rings is 1. The van der Waals surface area contributed by atoms with E-state index in [1.165, 1.54) is 0 Å². The standard InChI is InChI=1S/C17H22N6O3/c1-3-23-16-12(9-19-23)15(20-11-4-6-25-7-5-11)13(8-18-16)17-21-14(10-24-2)22-26-17/h8-9,11H,3-7,10H2,1-2H3,(H,18,20). The molecule has 1 N–H and O–H groups in total. The van der Waals surface area contributed by atoms with Gasteiger partial charge < -0.3 is 19.3 Å². The number of ether oxygens (including phenoxy) is 2. The van der Waals surface area contributed by atoms with Gasteiger partial charge in [0.05, 0.1) is 22.8 Å². The third-order valence-corrected chi connectivity index (χ3v) is 4.51. The van der Waals surface area contributed by atoms with Gasteiger partial charge >= 0.3 is 0 Å². The van der Waals surface area contributed by atoms with Gasteiger partial charge in [-0.25, -0.2) is 9.67 Å². The van der Waals surface area contributed by atoms with Crippen LogP contribution in [-0.4, -0.2) is 51.3 Å². The summed E-state index contributed by atoms with van der Waals surface area (Å²) in [7, 11) is 1.60. The third-order valence-electron chi connectivity index (χ3n) is 4.51. The number of nitrogens with zero attached hydrogens (tertiary/aromatic N) is 5. The van der Waals surface area contributed by atoms with Crippen LogP contribution in [0.4, 0.5) is 5.69 Å². The molecule has 0 spiro atoms. The van der Waals surface area contributed by atoms with Crippen LogP contribution in [0.15, 0.2) is 16.9 Å². The van der Waals surface area contributed by atoms with Crippen LogP contribution >= 0.6 is 0 Å². The van der Waals surface area contributed by atoms with Crippen molar-refractivity contribution in [3.8, 4) is 11.5 Å². The summed E-state index contributed by atoms with van der Waals surface area (Å²) in [6.07, 6.45) is 5.50. The minimum Gasteiger partial charge on any atom is -0.381 e. The van der Waals surface area contributed by atoms with E-state index < -0.39 is 0 Å². The molecule has 3 aromatic heterocycles. The van der Waals surface area contributed by atoms with Gasteiger partial charge in [-0.2, -0.15) is 10.1 Å². The third kappa shape index (κ3) is 3.15. The lowest BCUT2D eigenvalue weighted by Crippen LogP contribution is -2.28. The maximum Gasteiger partial charge on any atom is 0.261 e. The maximum absolute atomic E-state index is 5.47. The average molecular weight is 358 g/mol. The molecule has 0 unspecified atom stereocenters. The van der Waals surface area contributed by atoms with Crippen LogP contribution < -0.4 is 5.32 Å². The predicted molar refractivity (Wildman–Crippen MR) is 94.7 cm³/mol. The Morgan fingerprint density at radius 1 is 1.31 bits per heavy atom. The Morgan fingerprint density at radius 3 is 2.92 bits per heavy atom. The molecule has 0 radical (unpaired) electrons. The highest BCUT2D eigenvalue weighted by Gasteiger charge is 2.22. The fourth-order valence-electron chi connectivity index (χ4n) is 3.17. The monoisotopic (exact) mass is 358 g/mol. The van der Waals surface area contributed by atoms with Crippen molar-refractivity contribution in [1.82, 2.24) is 24.9 Å². The first-order chi connectivity index (χ1) is 12.8. The zero-order valence-electron chi connectivity index (χ0n) is 14.9. The SMILES string of the molecule is CCn1ncc2c(NC3CCOCC3)c(-c3nc(COC)no3)cnc21. The molecule has 0 aromatic carbocycles. The van der Waals surface area contributed by atoms with Crippen molar-refractivity contribution in [3.05, 3.63) is 18.2 Å². The second kappa shape index (κ2) is 7.38. The van der Waals surface area contributed by atoms with Crippen molar-refractivity contribution in [1.29, 1.82) is 0 Å². The fraction of sp³-hybridized carbons (Fsp3) is 0.529. The normalized spacial score (nSPS) is 15.6. The lowest BCUT2D eigenvalue weighted by molar-refractivity contribution is 0.0905. The van der Waals surface area contributed by atoms with Crippen LogP contribution in [0.25, 0.3) is 22.5 Å². The van der Waals surface area contributed by atoms with Gasteiger partial charge in [0.1, 0.15) is 6.61 Å². The highest BCUT2D eigenvalue weighted by atomic mass is 16.5. The molecule has 1 saturated heterocycles. The number of aryl methyl sites for hydroxylation is 1. The number of nitrogens with one attached hydrogen (secondary N) is 1. The van der Waals surface area contributed by atoms with Crippen molar-refractivity contribution < 1.29 is 14.0 Å². The summed E-state index contributed by atoms with van der Waals surface area (Å²) in [4.78, 5) is 9.00. The van der Waals surface area contributed by atoms with E-state index in [0.29, 0.717) is 24.4 Å². The van der Waals surface area contributed by atoms with E-state index in [0.717, 1.165) is 54.9 Å². The predicted octanol–water partition coefficient (Wildman–Crippen LogP) is 2.24. The Kier molecular flexibility index (Phi) is 4.81. The Labute approximate surface area is 150 Å². The number of aromatic nitrogens is 5. The van der Waals surface area contributed by atoms with Crippen molar-refractivity contribution in [2.75, 3.05) is 25.6 Å². The van der Waals surface area contributed by atoms with Gasteiger partial charge in [-0.1, -0.05) is 5.16 Å². The summed E-state index contributed by atoms with van der Waals surface area (Å²) in [5.41, 5.74) is 2.53. The van der Waals surface area contributed by atoms with Gasteiger partial charge in [-0.05, 0) is 19.8 Å². The topological polar surface area (TPSA) is 100 Å². The molecule has 9 heteroatoms. The minimum atomic E-state index is 0.301. The Bertz CT molecular complexity index is 884. The van der Waals surface area contributed by atoms with Crippen LogP contribution in [-0.2, 0) is 22.6 Å². The molecule has 0 atom stereocenters. The summed E-state index contributed by atoms with van der Waals surface area (Å²) in [6.45, 7) is 4.62. The van der Waals surface area contributed by atoms with Crippen LogP contribution in [0.2, 0.25) is 0 Å². The van der Waals surface area contributed by atoms with Gasteiger partial charge in [0, 0.05) is 39.1 Å². The maximum atomic E-state index is 5.47. The highest BCUT2D eigenvalue weighted by molar-refractivity contribution is 5.96. The van der Waals surface area contributed by atoms with E-state index >= 15 is 0 Å². The molecule has 1 aliphatic heterocycles. The summed E-state index contributed by atoms with van der Waals surface area (Å²) < 4.78 is 17.9. The van der Waals surface area contributed by atoms with Gasteiger partial charge in [0.2, 0.25) is 0 Å². The average Bonchev–Trinajstić information content (AvgIpc) is 3.30. The van der Waals surface area contributed by atoms with Crippen molar-refractivity contribution in [2.24, 2.45) is 0 Å². The molecule has 0 amide bonds. The molecule has 1 fully saturated rings. The van der Waals surface area contributed by atoms with Crippen molar-refractivity contribution in [3.63, 3.8) is 0 Å². The molecule has 0 saturated carbocycles. The van der Waals surface area contributed by atoms with Gasteiger partial charge in [-0.3, -0.25) is 0 Å². The first-order valence-electron chi connectivity index (χ1n) is 8.80. The van der Waals surface area contributed by atoms with E-state index in [4.69, 9.17) is 14.0 Å². The Balaban J connectivity index is 1.78. The highest BCUT2D eigenvalue weighted by Crippen LogP contribution is 2.34. The summed E-state index contributed by atoms with van der Waals surface area (Å²) in [5, 5.41) is 13.0. The van der Waals surface area contributed by atoms with Crippen molar-refractivity contribution >= 4 is 16.7 Å². The number of methoxy groups -OCH3 is 1. The molecule has 1 aliphatic rings. The molecule has 9 nitrogen and oxygen atoms in total. The lowest BCUT2D eigenvalue weighted by Gasteiger charge is -2.25. The zero-order valence-corrected chi connectivity index (χ0v) is 14.9. The second-order valence-electron chi connectivity index (χ2n) is 6.22. The van der Waals surface area contributed by atoms with Crippen LogP contribution in [0, 0.1) is 0 Å². The number of fused-ring (bicyclic) bond motifs is 1. The molecule has 4 rings (SSSR count). The lowest BCUT2D eigenvalue weighted by atomic mass is 10.1. The molecule has 3 aromatic rings. The summed E-state index contributed by atoms with van der Waals surface area (Å²) in [6, 6.07) is 0.319. The second-order valence-corrected chi connectivity index (χ2v) is 6.22.